The summed E-state index contributed by atoms with van der Waals surface area (Å²) < 4.78 is 7.64. The monoisotopic (exact) mass is 306 g/mol. The fourth-order valence-corrected chi connectivity index (χ4v) is 2.66. The Kier molecular flexibility index (Phi) is 5.27. The number of rotatable bonds is 7. The summed E-state index contributed by atoms with van der Waals surface area (Å²) in [5, 5.41) is 9.45. The van der Waals surface area contributed by atoms with Crippen molar-refractivity contribution < 1.29 is 14.6 Å². The smallest absolute Gasteiger partial charge is 0.313 e. The van der Waals surface area contributed by atoms with Gasteiger partial charge in [-0.15, -0.1) is 0 Å². The highest BCUT2D eigenvalue weighted by Gasteiger charge is 2.08. The summed E-state index contributed by atoms with van der Waals surface area (Å²) >= 11 is 1.22. The van der Waals surface area contributed by atoms with Crippen LogP contribution in [0.2, 0.25) is 0 Å². The summed E-state index contributed by atoms with van der Waals surface area (Å²) in [6.45, 7) is 5.06. The van der Waals surface area contributed by atoms with Crippen molar-refractivity contribution in [2.24, 2.45) is 0 Å². The van der Waals surface area contributed by atoms with Crippen molar-refractivity contribution in [1.82, 2.24) is 9.55 Å². The van der Waals surface area contributed by atoms with Crippen LogP contribution in [0.1, 0.15) is 11.3 Å². The zero-order chi connectivity index (χ0) is 15.2. The number of benzene rings is 1. The minimum absolute atomic E-state index is 0.00912. The van der Waals surface area contributed by atoms with Gasteiger partial charge in [0.05, 0.1) is 18.0 Å². The van der Waals surface area contributed by atoms with Crippen LogP contribution in [0.4, 0.5) is 0 Å². The third-order valence-electron chi connectivity index (χ3n) is 2.78. The van der Waals surface area contributed by atoms with Gasteiger partial charge in [-0.1, -0.05) is 23.9 Å². The van der Waals surface area contributed by atoms with E-state index in [-0.39, 0.29) is 5.75 Å². The third-order valence-corrected chi connectivity index (χ3v) is 3.75. The lowest BCUT2D eigenvalue weighted by molar-refractivity contribution is -0.133. The van der Waals surface area contributed by atoms with Gasteiger partial charge >= 0.3 is 5.97 Å². The predicted octanol–water partition coefficient (Wildman–Crippen LogP) is 2.76. The third kappa shape index (κ3) is 4.82. The molecule has 0 fully saturated rings. The van der Waals surface area contributed by atoms with Gasteiger partial charge in [0.2, 0.25) is 0 Å². The van der Waals surface area contributed by atoms with Gasteiger partial charge in [-0.25, -0.2) is 4.98 Å². The minimum Gasteiger partial charge on any atom is -0.492 e. The number of hydrogen-bond donors (Lipinski definition) is 1. The molecule has 6 heteroatoms. The van der Waals surface area contributed by atoms with E-state index >= 15 is 0 Å². The van der Waals surface area contributed by atoms with Crippen LogP contribution in [0.15, 0.2) is 35.6 Å². The van der Waals surface area contributed by atoms with Crippen molar-refractivity contribution >= 4 is 17.7 Å². The summed E-state index contributed by atoms with van der Waals surface area (Å²) in [5.74, 6) is 0.00429. The normalized spacial score (nSPS) is 10.6. The number of carboxylic acids is 1. The first kappa shape index (κ1) is 15.4. The largest absolute Gasteiger partial charge is 0.492 e. The van der Waals surface area contributed by atoms with Gasteiger partial charge in [-0.3, -0.25) is 4.79 Å². The Labute approximate surface area is 128 Å². The summed E-state index contributed by atoms with van der Waals surface area (Å²) in [6.07, 6.45) is 1.91. The second-order valence-corrected chi connectivity index (χ2v) is 5.65. The summed E-state index contributed by atoms with van der Waals surface area (Å²) in [5.41, 5.74) is 2.03. The van der Waals surface area contributed by atoms with Crippen molar-refractivity contribution in [3.63, 3.8) is 0 Å². The average molecular weight is 306 g/mol. The maximum absolute atomic E-state index is 10.6. The Morgan fingerprint density at radius 3 is 2.95 bits per heavy atom. The van der Waals surface area contributed by atoms with E-state index in [2.05, 4.69) is 4.98 Å². The lowest BCUT2D eigenvalue weighted by Crippen LogP contribution is -2.09. The predicted molar refractivity (Wildman–Crippen MR) is 82.0 cm³/mol. The van der Waals surface area contributed by atoms with E-state index in [0.717, 1.165) is 17.0 Å². The Hall–Kier alpha value is -1.95. The molecule has 112 valence electrons. The number of aryl methyl sites for hydroxylation is 2. The SMILES string of the molecule is Cc1cccc(OCCn2cc(C)nc2SCC(=O)O)c1. The molecule has 0 aliphatic rings. The second kappa shape index (κ2) is 7.17. The fraction of sp³-hybridized carbons (Fsp3) is 0.333. The Bertz CT molecular complexity index is 625. The van der Waals surface area contributed by atoms with Gasteiger partial charge in [0, 0.05) is 6.20 Å². The lowest BCUT2D eigenvalue weighted by Gasteiger charge is -2.09. The number of nitrogens with zero attached hydrogens (tertiary/aromatic N) is 2. The van der Waals surface area contributed by atoms with E-state index in [4.69, 9.17) is 9.84 Å². The number of aromatic nitrogens is 2. The van der Waals surface area contributed by atoms with Crippen LogP contribution in [0, 0.1) is 13.8 Å². The number of ether oxygens (including phenoxy) is 1. The van der Waals surface area contributed by atoms with Crippen molar-refractivity contribution in [3.8, 4) is 5.75 Å². The molecule has 1 aromatic carbocycles. The maximum atomic E-state index is 10.6. The van der Waals surface area contributed by atoms with Gasteiger partial charge < -0.3 is 14.4 Å². The Morgan fingerprint density at radius 2 is 2.24 bits per heavy atom. The van der Waals surface area contributed by atoms with E-state index in [1.54, 1.807) is 0 Å². The number of imidazole rings is 1. The van der Waals surface area contributed by atoms with Crippen molar-refractivity contribution in [1.29, 1.82) is 0 Å². The molecule has 0 unspecified atom stereocenters. The van der Waals surface area contributed by atoms with Crippen LogP contribution in [0.25, 0.3) is 0 Å². The van der Waals surface area contributed by atoms with Gasteiger partial charge in [0.15, 0.2) is 5.16 Å². The highest BCUT2D eigenvalue weighted by molar-refractivity contribution is 7.99. The molecule has 2 rings (SSSR count). The van der Waals surface area contributed by atoms with Gasteiger partial charge in [0.25, 0.3) is 0 Å². The highest BCUT2D eigenvalue weighted by atomic mass is 32.2. The molecule has 0 amide bonds. The number of aliphatic carboxylic acids is 1. The molecule has 1 aromatic heterocycles. The van der Waals surface area contributed by atoms with Crippen LogP contribution < -0.4 is 4.74 Å². The van der Waals surface area contributed by atoms with Gasteiger partial charge in [0.1, 0.15) is 12.4 Å². The number of hydrogen-bond acceptors (Lipinski definition) is 4. The first-order valence-corrected chi connectivity index (χ1v) is 7.61. The molecule has 0 aliphatic carbocycles. The summed E-state index contributed by atoms with van der Waals surface area (Å²) in [6, 6.07) is 7.89. The Morgan fingerprint density at radius 1 is 1.43 bits per heavy atom. The van der Waals surface area contributed by atoms with Gasteiger partial charge in [-0.2, -0.15) is 0 Å². The molecule has 1 heterocycles. The van der Waals surface area contributed by atoms with E-state index < -0.39 is 5.97 Å². The molecular formula is C15H18N2O3S. The molecule has 21 heavy (non-hydrogen) atoms. The first-order chi connectivity index (χ1) is 10.0. The number of carboxylic acid groups (broad SMARTS) is 1. The van der Waals surface area contributed by atoms with E-state index in [0.29, 0.717) is 18.3 Å². The summed E-state index contributed by atoms with van der Waals surface area (Å²) in [4.78, 5) is 15.0. The van der Waals surface area contributed by atoms with Crippen molar-refractivity contribution in [2.75, 3.05) is 12.4 Å². The molecule has 0 saturated carbocycles. The van der Waals surface area contributed by atoms with E-state index in [1.807, 2.05) is 48.9 Å². The Balaban J connectivity index is 1.92. The van der Waals surface area contributed by atoms with E-state index in [1.165, 1.54) is 11.8 Å². The first-order valence-electron chi connectivity index (χ1n) is 6.62. The maximum Gasteiger partial charge on any atom is 0.313 e. The molecule has 5 nitrogen and oxygen atoms in total. The van der Waals surface area contributed by atoms with Crippen LogP contribution in [0.5, 0.6) is 5.75 Å². The second-order valence-electron chi connectivity index (χ2n) is 4.71. The molecule has 0 spiro atoms. The van der Waals surface area contributed by atoms with Crippen LogP contribution in [0.3, 0.4) is 0 Å². The zero-order valence-electron chi connectivity index (χ0n) is 12.1. The molecule has 0 aliphatic heterocycles. The van der Waals surface area contributed by atoms with Crippen LogP contribution >= 0.6 is 11.8 Å². The average Bonchev–Trinajstić information content (AvgIpc) is 2.77. The highest BCUT2D eigenvalue weighted by Crippen LogP contribution is 2.18. The van der Waals surface area contributed by atoms with E-state index in [9.17, 15) is 4.79 Å². The standard InChI is InChI=1S/C15H18N2O3S/c1-11-4-3-5-13(8-11)20-7-6-17-9-12(2)16-15(17)21-10-14(18)19/h3-5,8-9H,6-7,10H2,1-2H3,(H,18,19). The molecule has 0 bridgehead atoms. The fourth-order valence-electron chi connectivity index (χ4n) is 1.89. The van der Waals surface area contributed by atoms with Crippen molar-refractivity contribution in [2.45, 2.75) is 25.5 Å². The molecule has 2 aromatic rings. The zero-order valence-corrected chi connectivity index (χ0v) is 12.9. The van der Waals surface area contributed by atoms with Crippen molar-refractivity contribution in [3.05, 3.63) is 41.7 Å². The van der Waals surface area contributed by atoms with Crippen LogP contribution in [-0.2, 0) is 11.3 Å². The minimum atomic E-state index is -0.844. The molecule has 0 radical (unpaired) electrons. The molecule has 0 atom stereocenters. The van der Waals surface area contributed by atoms with Crippen LogP contribution in [-0.4, -0.2) is 33.0 Å². The lowest BCUT2D eigenvalue weighted by atomic mass is 10.2. The number of carbonyl (C=O) groups is 1. The topological polar surface area (TPSA) is 64.4 Å². The molecule has 0 saturated heterocycles. The van der Waals surface area contributed by atoms with Gasteiger partial charge in [-0.05, 0) is 31.5 Å². The quantitative estimate of drug-likeness (QED) is 0.797. The molecular weight excluding hydrogens is 288 g/mol. The summed E-state index contributed by atoms with van der Waals surface area (Å²) in [7, 11) is 0. The molecule has 1 N–H and O–H groups in total. The number of thioether (sulfide) groups is 1.